The number of benzene rings is 1. The first-order valence-corrected chi connectivity index (χ1v) is 8.46. The second kappa shape index (κ2) is 7.11. The number of sulfonamides is 1. The number of aryl methyl sites for hydroxylation is 1. The van der Waals surface area contributed by atoms with Gasteiger partial charge < -0.3 is 9.84 Å². The van der Waals surface area contributed by atoms with Crippen LogP contribution in [-0.4, -0.2) is 43.5 Å². The lowest BCUT2D eigenvalue weighted by Crippen LogP contribution is -2.33. The topological polar surface area (TPSA) is 83.9 Å². The molecule has 0 fully saturated rings. The molecule has 1 aromatic rings. The zero-order valence-electron chi connectivity index (χ0n) is 13.5. The molecule has 0 radical (unpaired) electrons. The van der Waals surface area contributed by atoms with Gasteiger partial charge in [0.1, 0.15) is 5.75 Å². The summed E-state index contributed by atoms with van der Waals surface area (Å²) in [7, 11) is -2.34. The maximum atomic E-state index is 12.5. The molecule has 1 aromatic carbocycles. The van der Waals surface area contributed by atoms with Crippen molar-refractivity contribution in [3.8, 4) is 5.75 Å². The first kappa shape index (κ1) is 18.4. The van der Waals surface area contributed by atoms with E-state index in [0.717, 1.165) is 9.87 Å². The van der Waals surface area contributed by atoms with Crippen LogP contribution in [0.3, 0.4) is 0 Å². The van der Waals surface area contributed by atoms with Crippen molar-refractivity contribution < 1.29 is 23.1 Å². The molecule has 0 aromatic heterocycles. The van der Waals surface area contributed by atoms with Crippen LogP contribution in [0.2, 0.25) is 0 Å². The molecule has 0 spiro atoms. The Labute approximate surface area is 131 Å². The molecule has 0 saturated carbocycles. The molecule has 0 bridgehead atoms. The van der Waals surface area contributed by atoms with Crippen LogP contribution in [0.1, 0.15) is 26.3 Å². The Balaban J connectivity index is 3.03. The molecule has 124 valence electrons. The highest BCUT2D eigenvalue weighted by molar-refractivity contribution is 7.89. The van der Waals surface area contributed by atoms with Gasteiger partial charge in [0.2, 0.25) is 10.0 Å². The predicted octanol–water partition coefficient (Wildman–Crippen LogP) is 2.12. The highest BCUT2D eigenvalue weighted by Gasteiger charge is 2.25. The number of carboxylic acid groups (broad SMARTS) is 1. The lowest BCUT2D eigenvalue weighted by molar-refractivity contribution is -0.141. The number of aliphatic carboxylic acids is 1. The second-order valence-corrected chi connectivity index (χ2v) is 7.66. The maximum absolute atomic E-state index is 12.5. The molecule has 1 unspecified atom stereocenters. The third-order valence-corrected chi connectivity index (χ3v) is 4.99. The van der Waals surface area contributed by atoms with Crippen molar-refractivity contribution in [2.45, 2.75) is 38.7 Å². The van der Waals surface area contributed by atoms with Crippen LogP contribution in [-0.2, 0) is 14.8 Å². The lowest BCUT2D eigenvalue weighted by Gasteiger charge is -2.20. The molecule has 1 atom stereocenters. The van der Waals surface area contributed by atoms with E-state index in [-0.39, 0.29) is 17.5 Å². The summed E-state index contributed by atoms with van der Waals surface area (Å²) in [6, 6.07) is 4.63. The van der Waals surface area contributed by atoms with Gasteiger partial charge in [-0.05, 0) is 44.5 Å². The van der Waals surface area contributed by atoms with Gasteiger partial charge in [-0.2, -0.15) is 0 Å². The fourth-order valence-electron chi connectivity index (χ4n) is 1.91. The van der Waals surface area contributed by atoms with E-state index < -0.39 is 21.9 Å². The van der Waals surface area contributed by atoms with Gasteiger partial charge >= 0.3 is 5.97 Å². The van der Waals surface area contributed by atoms with Crippen molar-refractivity contribution >= 4 is 16.0 Å². The molecular weight excluding hydrogens is 306 g/mol. The van der Waals surface area contributed by atoms with Gasteiger partial charge in [0, 0.05) is 13.6 Å². The van der Waals surface area contributed by atoms with Crippen LogP contribution in [0, 0.1) is 12.8 Å². The van der Waals surface area contributed by atoms with Crippen molar-refractivity contribution in [3.05, 3.63) is 23.8 Å². The number of hydrogen-bond acceptors (Lipinski definition) is 4. The van der Waals surface area contributed by atoms with Crippen molar-refractivity contribution in [2.24, 2.45) is 5.92 Å². The fraction of sp³-hybridized carbons (Fsp3) is 0.533. The van der Waals surface area contributed by atoms with Crippen molar-refractivity contribution in [1.29, 1.82) is 0 Å². The summed E-state index contributed by atoms with van der Waals surface area (Å²) in [5.74, 6) is -1.17. The molecule has 0 aliphatic rings. The first-order chi connectivity index (χ1) is 10.1. The number of rotatable bonds is 7. The maximum Gasteiger partial charge on any atom is 0.307 e. The van der Waals surface area contributed by atoms with E-state index >= 15 is 0 Å². The van der Waals surface area contributed by atoms with Crippen LogP contribution < -0.4 is 4.74 Å². The van der Waals surface area contributed by atoms with Crippen molar-refractivity contribution in [3.63, 3.8) is 0 Å². The quantitative estimate of drug-likeness (QED) is 0.828. The average Bonchev–Trinajstić information content (AvgIpc) is 2.40. The molecule has 0 aliphatic carbocycles. The van der Waals surface area contributed by atoms with Crippen LogP contribution in [0.15, 0.2) is 23.1 Å². The molecule has 7 heteroatoms. The minimum Gasteiger partial charge on any atom is -0.491 e. The van der Waals surface area contributed by atoms with E-state index in [9.17, 15) is 13.2 Å². The number of hydrogen-bond donors (Lipinski definition) is 1. The molecular formula is C15H23NO5S. The standard InChI is InChI=1S/C15H23NO5S/c1-10(2)21-14-7-6-13(8-11(14)3)22(19,20)16(5)9-12(4)15(17)18/h6-8,10,12H,9H2,1-5H3,(H,17,18). The largest absolute Gasteiger partial charge is 0.491 e. The van der Waals surface area contributed by atoms with Gasteiger partial charge in [-0.3, -0.25) is 4.79 Å². The minimum atomic E-state index is -3.72. The van der Waals surface area contributed by atoms with E-state index in [4.69, 9.17) is 9.84 Å². The number of carbonyl (C=O) groups is 1. The Morgan fingerprint density at radius 3 is 2.36 bits per heavy atom. The van der Waals surface area contributed by atoms with Gasteiger partial charge in [0.15, 0.2) is 0 Å². The number of ether oxygens (including phenoxy) is 1. The smallest absolute Gasteiger partial charge is 0.307 e. The molecule has 0 saturated heterocycles. The monoisotopic (exact) mass is 329 g/mol. The third kappa shape index (κ3) is 4.45. The molecule has 0 aliphatic heterocycles. The van der Waals surface area contributed by atoms with Crippen LogP contribution >= 0.6 is 0 Å². The normalized spacial score (nSPS) is 13.4. The Kier molecular flexibility index (Phi) is 5.96. The molecule has 0 amide bonds. The minimum absolute atomic E-state index is 0.000229. The Bertz CT molecular complexity index is 639. The third-order valence-electron chi connectivity index (χ3n) is 3.17. The van der Waals surface area contributed by atoms with Gasteiger partial charge in [-0.25, -0.2) is 12.7 Å². The molecule has 1 rings (SSSR count). The summed E-state index contributed by atoms with van der Waals surface area (Å²) in [6.45, 7) is 6.95. The molecule has 1 N–H and O–H groups in total. The van der Waals surface area contributed by atoms with Gasteiger partial charge in [-0.1, -0.05) is 6.92 Å². The summed E-state index contributed by atoms with van der Waals surface area (Å²) in [6.07, 6.45) is 0.000229. The second-order valence-electron chi connectivity index (χ2n) is 5.62. The summed E-state index contributed by atoms with van der Waals surface area (Å²) < 4.78 is 31.6. The Hall–Kier alpha value is -1.60. The fourth-order valence-corrected chi connectivity index (χ4v) is 3.26. The molecule has 6 nitrogen and oxygen atoms in total. The zero-order valence-corrected chi connectivity index (χ0v) is 14.3. The van der Waals surface area contributed by atoms with E-state index in [2.05, 4.69) is 0 Å². The van der Waals surface area contributed by atoms with Crippen LogP contribution in [0.4, 0.5) is 0 Å². The van der Waals surface area contributed by atoms with E-state index in [1.807, 2.05) is 13.8 Å². The summed E-state index contributed by atoms with van der Waals surface area (Å²) in [5.41, 5.74) is 0.717. The van der Waals surface area contributed by atoms with Gasteiger partial charge in [0.05, 0.1) is 16.9 Å². The summed E-state index contributed by atoms with van der Waals surface area (Å²) in [4.78, 5) is 11.0. The van der Waals surface area contributed by atoms with Gasteiger partial charge in [0.25, 0.3) is 0 Å². The summed E-state index contributed by atoms with van der Waals surface area (Å²) in [5, 5.41) is 8.89. The zero-order chi connectivity index (χ0) is 17.1. The first-order valence-electron chi connectivity index (χ1n) is 7.02. The molecule has 0 heterocycles. The lowest BCUT2D eigenvalue weighted by atomic mass is 10.2. The summed E-state index contributed by atoms with van der Waals surface area (Å²) >= 11 is 0. The number of carboxylic acids is 1. The van der Waals surface area contributed by atoms with Crippen molar-refractivity contribution in [1.82, 2.24) is 4.31 Å². The van der Waals surface area contributed by atoms with E-state index in [1.54, 1.807) is 13.0 Å². The van der Waals surface area contributed by atoms with E-state index in [0.29, 0.717) is 5.75 Å². The van der Waals surface area contributed by atoms with E-state index in [1.165, 1.54) is 26.1 Å². The Morgan fingerprint density at radius 2 is 1.91 bits per heavy atom. The highest BCUT2D eigenvalue weighted by atomic mass is 32.2. The number of nitrogens with zero attached hydrogens (tertiary/aromatic N) is 1. The Morgan fingerprint density at radius 1 is 1.32 bits per heavy atom. The predicted molar refractivity (Wildman–Crippen MR) is 83.6 cm³/mol. The van der Waals surface area contributed by atoms with Crippen LogP contribution in [0.5, 0.6) is 5.75 Å². The average molecular weight is 329 g/mol. The highest BCUT2D eigenvalue weighted by Crippen LogP contribution is 2.24. The van der Waals surface area contributed by atoms with Gasteiger partial charge in [-0.15, -0.1) is 0 Å². The molecule has 22 heavy (non-hydrogen) atoms. The van der Waals surface area contributed by atoms with Crippen LogP contribution in [0.25, 0.3) is 0 Å². The van der Waals surface area contributed by atoms with Crippen molar-refractivity contribution in [2.75, 3.05) is 13.6 Å². The SMILES string of the molecule is Cc1cc(S(=O)(=O)N(C)CC(C)C(=O)O)ccc1OC(C)C.